The molecule has 2 fully saturated rings. The first-order chi connectivity index (χ1) is 18.6. The Kier molecular flexibility index (Phi) is 5.81. The predicted octanol–water partition coefficient (Wildman–Crippen LogP) is 6.58. The van der Waals surface area contributed by atoms with Crippen molar-refractivity contribution in [1.82, 2.24) is 14.0 Å². The molecule has 2 aromatic heterocycles. The normalized spacial score (nSPS) is 20.1. The predicted molar refractivity (Wildman–Crippen MR) is 159 cm³/mol. The number of hydrogen-bond acceptors (Lipinski definition) is 2. The molecule has 0 aliphatic carbocycles. The maximum absolute atomic E-state index is 2.76. The van der Waals surface area contributed by atoms with Gasteiger partial charge in [-0.1, -0.05) is 54.6 Å². The molecule has 5 aromatic rings. The lowest BCUT2D eigenvalue weighted by Gasteiger charge is -2.43. The van der Waals surface area contributed by atoms with E-state index in [0.29, 0.717) is 0 Å². The smallest absolute Gasteiger partial charge is 0.0480 e. The molecule has 4 heteroatoms. The van der Waals surface area contributed by atoms with Gasteiger partial charge in [-0.05, 0) is 73.7 Å². The summed E-state index contributed by atoms with van der Waals surface area (Å²) in [4.78, 5) is 5.33. The van der Waals surface area contributed by atoms with Crippen molar-refractivity contribution < 1.29 is 0 Å². The maximum atomic E-state index is 2.76. The van der Waals surface area contributed by atoms with Crippen LogP contribution >= 0.6 is 0 Å². The van der Waals surface area contributed by atoms with E-state index < -0.39 is 0 Å². The molecule has 0 amide bonds. The molecule has 7 rings (SSSR count). The Hall–Kier alpha value is -3.50. The Morgan fingerprint density at radius 3 is 1.84 bits per heavy atom. The lowest BCUT2D eigenvalue weighted by molar-refractivity contribution is 0.161. The minimum Gasteiger partial charge on any atom is -0.371 e. The van der Waals surface area contributed by atoms with E-state index in [-0.39, 0.29) is 5.41 Å². The van der Waals surface area contributed by atoms with Crippen molar-refractivity contribution in [2.75, 3.05) is 37.6 Å². The van der Waals surface area contributed by atoms with Gasteiger partial charge < -0.3 is 18.9 Å². The van der Waals surface area contributed by atoms with Crippen LogP contribution in [0, 0.1) is 5.92 Å². The molecule has 2 aliphatic rings. The van der Waals surface area contributed by atoms with Crippen LogP contribution in [0.15, 0.2) is 91.3 Å². The number of benzene rings is 3. The van der Waals surface area contributed by atoms with Crippen LogP contribution in [-0.4, -0.2) is 46.8 Å². The van der Waals surface area contributed by atoms with Crippen LogP contribution in [0.3, 0.4) is 0 Å². The van der Waals surface area contributed by atoms with E-state index in [1.807, 2.05) is 0 Å². The highest BCUT2D eigenvalue weighted by atomic mass is 15.2. The lowest BCUT2D eigenvalue weighted by atomic mass is 9.67. The van der Waals surface area contributed by atoms with Crippen LogP contribution in [0.2, 0.25) is 0 Å². The molecule has 194 valence electrons. The van der Waals surface area contributed by atoms with Gasteiger partial charge in [0.05, 0.1) is 0 Å². The van der Waals surface area contributed by atoms with Gasteiger partial charge in [0.1, 0.15) is 0 Å². The van der Waals surface area contributed by atoms with E-state index in [0.717, 1.165) is 31.8 Å². The molecular weight excluding hydrogens is 464 g/mol. The van der Waals surface area contributed by atoms with Gasteiger partial charge in [-0.25, -0.2) is 0 Å². The van der Waals surface area contributed by atoms with Crippen molar-refractivity contribution in [3.63, 3.8) is 0 Å². The molecule has 0 radical (unpaired) electrons. The van der Waals surface area contributed by atoms with E-state index in [4.69, 9.17) is 0 Å². The molecule has 4 nitrogen and oxygen atoms in total. The number of fused-ring (bicyclic) bond motifs is 2. The first kappa shape index (κ1) is 23.6. The average Bonchev–Trinajstić information content (AvgIpc) is 3.67. The number of rotatable bonds is 5. The second-order valence-corrected chi connectivity index (χ2v) is 11.7. The van der Waals surface area contributed by atoms with Gasteiger partial charge in [0.2, 0.25) is 0 Å². The Morgan fingerprint density at radius 2 is 1.24 bits per heavy atom. The van der Waals surface area contributed by atoms with E-state index in [9.17, 15) is 0 Å². The van der Waals surface area contributed by atoms with Crippen LogP contribution in [0.25, 0.3) is 21.8 Å². The fraction of sp³-hybridized carbons (Fsp3) is 0.353. The van der Waals surface area contributed by atoms with Crippen LogP contribution in [0.1, 0.15) is 30.4 Å². The molecule has 3 aromatic carbocycles. The van der Waals surface area contributed by atoms with Gasteiger partial charge in [0.15, 0.2) is 0 Å². The lowest BCUT2D eigenvalue weighted by Crippen LogP contribution is -2.45. The third-order valence-electron chi connectivity index (χ3n) is 9.46. The zero-order valence-electron chi connectivity index (χ0n) is 22.7. The number of anilines is 1. The highest BCUT2D eigenvalue weighted by Crippen LogP contribution is 2.48. The molecule has 0 unspecified atom stereocenters. The monoisotopic (exact) mass is 502 g/mol. The Labute approximate surface area is 226 Å². The largest absolute Gasteiger partial charge is 0.371 e. The topological polar surface area (TPSA) is 16.3 Å². The van der Waals surface area contributed by atoms with Gasteiger partial charge in [0, 0.05) is 79.0 Å². The number of para-hydroxylation sites is 3. The number of nitrogens with zero attached hydrogens (tertiary/aromatic N) is 4. The minimum atomic E-state index is 0.0178. The summed E-state index contributed by atoms with van der Waals surface area (Å²) in [5.74, 6) is 0.748. The number of likely N-dealkylation sites (tertiary alicyclic amines) is 1. The number of aromatic nitrogens is 2. The quantitative estimate of drug-likeness (QED) is 0.270. The second kappa shape index (κ2) is 9.36. The molecule has 4 heterocycles. The van der Waals surface area contributed by atoms with Crippen LogP contribution in [0.5, 0.6) is 0 Å². The Balaban J connectivity index is 1.20. The van der Waals surface area contributed by atoms with Crippen molar-refractivity contribution >= 4 is 27.5 Å². The molecule has 38 heavy (non-hydrogen) atoms. The summed E-state index contributed by atoms with van der Waals surface area (Å²) < 4.78 is 4.67. The summed E-state index contributed by atoms with van der Waals surface area (Å²) in [6, 6.07) is 28.9. The summed E-state index contributed by atoms with van der Waals surface area (Å²) in [5, 5.41) is 2.82. The summed E-state index contributed by atoms with van der Waals surface area (Å²) >= 11 is 0. The van der Waals surface area contributed by atoms with Crippen molar-refractivity contribution in [3.8, 4) is 0 Å². The standard InChI is InChI=1S/C34H38N4/c1-35-24-30(28-12-6-8-14-32(28)35)34(31-25-36(2)33-15-9-7-13-29(31)33)17-20-37(21-18-34)22-26-16-19-38(23-26)27-10-4-3-5-11-27/h3-15,24-26H,16-23H2,1-2H3/t26-/m0/s1. The van der Waals surface area contributed by atoms with Crippen molar-refractivity contribution in [2.24, 2.45) is 20.0 Å². The first-order valence-corrected chi connectivity index (χ1v) is 14.2. The number of hydrogen-bond donors (Lipinski definition) is 0. The summed E-state index contributed by atoms with van der Waals surface area (Å²) in [7, 11) is 4.41. The summed E-state index contributed by atoms with van der Waals surface area (Å²) in [6.45, 7) is 5.86. The third-order valence-corrected chi connectivity index (χ3v) is 9.46. The molecule has 0 bridgehead atoms. The second-order valence-electron chi connectivity index (χ2n) is 11.7. The number of piperidine rings is 1. The molecule has 2 saturated heterocycles. The summed E-state index contributed by atoms with van der Waals surface area (Å²) in [5.41, 5.74) is 7.06. The fourth-order valence-electron chi connectivity index (χ4n) is 7.47. The maximum Gasteiger partial charge on any atom is 0.0480 e. The SMILES string of the molecule is Cn1cc(C2(c3cn(C)c4ccccc34)CCN(C[C@@H]3CCN(c4ccccc4)C3)CC2)c2ccccc21. The van der Waals surface area contributed by atoms with Crippen LogP contribution in [0.4, 0.5) is 5.69 Å². The van der Waals surface area contributed by atoms with Crippen LogP contribution in [-0.2, 0) is 19.5 Å². The van der Waals surface area contributed by atoms with Gasteiger partial charge >= 0.3 is 0 Å². The Bertz CT molecular complexity index is 1490. The molecule has 0 N–H and O–H groups in total. The Morgan fingerprint density at radius 1 is 0.684 bits per heavy atom. The van der Waals surface area contributed by atoms with Gasteiger partial charge in [-0.2, -0.15) is 0 Å². The third kappa shape index (κ3) is 3.85. The first-order valence-electron chi connectivity index (χ1n) is 14.2. The highest BCUT2D eigenvalue weighted by molar-refractivity contribution is 5.90. The zero-order chi connectivity index (χ0) is 25.7. The fourth-order valence-corrected chi connectivity index (χ4v) is 7.47. The zero-order valence-corrected chi connectivity index (χ0v) is 22.7. The van der Waals surface area contributed by atoms with Gasteiger partial charge in [-0.3, -0.25) is 0 Å². The van der Waals surface area contributed by atoms with E-state index in [1.54, 1.807) is 0 Å². The van der Waals surface area contributed by atoms with Crippen molar-refractivity contribution in [2.45, 2.75) is 24.7 Å². The molecular formula is C34H38N4. The molecule has 2 aliphatic heterocycles. The van der Waals surface area contributed by atoms with E-state index in [2.05, 4.69) is 124 Å². The van der Waals surface area contributed by atoms with Crippen molar-refractivity contribution in [3.05, 3.63) is 102 Å². The molecule has 0 saturated carbocycles. The molecule has 0 spiro atoms. The van der Waals surface area contributed by atoms with E-state index >= 15 is 0 Å². The highest BCUT2D eigenvalue weighted by Gasteiger charge is 2.42. The van der Waals surface area contributed by atoms with Gasteiger partial charge in [0.25, 0.3) is 0 Å². The van der Waals surface area contributed by atoms with Gasteiger partial charge in [-0.15, -0.1) is 0 Å². The average molecular weight is 503 g/mol. The van der Waals surface area contributed by atoms with E-state index in [1.165, 1.54) is 64.7 Å². The molecule has 1 atom stereocenters. The minimum absolute atomic E-state index is 0.0178. The van der Waals surface area contributed by atoms with Crippen molar-refractivity contribution in [1.29, 1.82) is 0 Å². The van der Waals surface area contributed by atoms with Crippen LogP contribution < -0.4 is 4.90 Å². The summed E-state index contributed by atoms with van der Waals surface area (Å²) in [6.07, 6.45) is 8.46. The number of aryl methyl sites for hydroxylation is 2.